The third-order valence-corrected chi connectivity index (χ3v) is 8.58. The van der Waals surface area contributed by atoms with E-state index in [1.807, 2.05) is 37.3 Å². The van der Waals surface area contributed by atoms with Gasteiger partial charge in [0.2, 0.25) is 0 Å². The maximum atomic E-state index is 14.3. The van der Waals surface area contributed by atoms with Crippen molar-refractivity contribution in [2.45, 2.75) is 33.2 Å². The molecule has 1 saturated carbocycles. The third kappa shape index (κ3) is 5.44. The molecular weight excluding hydrogens is 559 g/mol. The van der Waals surface area contributed by atoms with E-state index in [0.29, 0.717) is 31.1 Å². The Bertz CT molecular complexity index is 1670. The first-order valence-corrected chi connectivity index (χ1v) is 14.4. The highest BCUT2D eigenvalue weighted by Crippen LogP contribution is 2.53. The molecule has 4 atom stereocenters. The van der Waals surface area contributed by atoms with E-state index in [0.717, 1.165) is 17.7 Å². The second kappa shape index (κ2) is 11.0. The number of fused-ring (bicyclic) bond motifs is 2. The first-order valence-electron chi connectivity index (χ1n) is 14.4. The van der Waals surface area contributed by atoms with Gasteiger partial charge in [-0.3, -0.25) is 9.59 Å². The topological polar surface area (TPSA) is 91.0 Å². The minimum absolute atomic E-state index is 0.0511. The van der Waals surface area contributed by atoms with Crippen LogP contribution in [-0.4, -0.2) is 56.1 Å². The molecule has 1 aliphatic heterocycles. The molecule has 4 aromatic rings. The lowest BCUT2D eigenvalue weighted by Crippen LogP contribution is -2.33. The summed E-state index contributed by atoms with van der Waals surface area (Å²) in [5.74, 6) is -4.11. The van der Waals surface area contributed by atoms with Crippen LogP contribution in [0.3, 0.4) is 0 Å². The number of halogens is 3. The lowest BCUT2D eigenvalue weighted by molar-refractivity contribution is -0.137. The largest absolute Gasteiger partial charge is 0.481 e. The van der Waals surface area contributed by atoms with E-state index < -0.39 is 23.4 Å². The molecule has 2 aromatic carbocycles. The number of piperidine rings is 1. The zero-order valence-corrected chi connectivity index (χ0v) is 24.0. The normalized spacial score (nSPS) is 20.0. The Morgan fingerprint density at radius 2 is 1.65 bits per heavy atom. The predicted molar refractivity (Wildman–Crippen MR) is 154 cm³/mol. The third-order valence-electron chi connectivity index (χ3n) is 8.58. The second-order valence-electron chi connectivity index (χ2n) is 12.0. The Morgan fingerprint density at radius 1 is 1.00 bits per heavy atom. The SMILES string of the molecule is CC(C)CN(c1cc(-c2cc(F)c(F)c(F)c2)nc2cc(C(=O)N3C[C@@H]4[C@@H](CC(=O)O)[C@@H]4C3)nn12)[C@@H](C)c1ccccc1. The number of amides is 1. The smallest absolute Gasteiger partial charge is 0.303 e. The molecule has 2 aliphatic rings. The van der Waals surface area contributed by atoms with E-state index in [9.17, 15) is 22.8 Å². The van der Waals surface area contributed by atoms with Crippen LogP contribution in [0.1, 0.15) is 49.3 Å². The summed E-state index contributed by atoms with van der Waals surface area (Å²) in [5, 5.41) is 13.8. The van der Waals surface area contributed by atoms with Crippen molar-refractivity contribution in [3.05, 3.63) is 83.3 Å². The van der Waals surface area contributed by atoms with Gasteiger partial charge in [-0.2, -0.15) is 9.61 Å². The number of anilines is 1. The van der Waals surface area contributed by atoms with Crippen LogP contribution in [0.4, 0.5) is 19.0 Å². The van der Waals surface area contributed by atoms with E-state index in [1.54, 1.807) is 21.5 Å². The van der Waals surface area contributed by atoms with Crippen molar-refractivity contribution in [3.63, 3.8) is 0 Å². The van der Waals surface area contributed by atoms with Crippen molar-refractivity contribution >= 4 is 23.3 Å². The van der Waals surface area contributed by atoms with E-state index >= 15 is 0 Å². The fraction of sp³-hybridized carbons (Fsp3) is 0.375. The van der Waals surface area contributed by atoms with Gasteiger partial charge < -0.3 is 14.9 Å². The van der Waals surface area contributed by atoms with Gasteiger partial charge in [-0.15, -0.1) is 0 Å². The Hall–Kier alpha value is -4.41. The van der Waals surface area contributed by atoms with Crippen molar-refractivity contribution < 1.29 is 27.9 Å². The molecule has 0 bridgehead atoms. The number of benzene rings is 2. The van der Waals surface area contributed by atoms with Crippen molar-refractivity contribution in [1.29, 1.82) is 0 Å². The van der Waals surface area contributed by atoms with Crippen LogP contribution in [0.2, 0.25) is 0 Å². The summed E-state index contributed by atoms with van der Waals surface area (Å²) in [6.07, 6.45) is 0.109. The molecule has 8 nitrogen and oxygen atoms in total. The molecule has 2 fully saturated rings. The lowest BCUT2D eigenvalue weighted by atomic mass is 10.0. The number of carboxylic acid groups (broad SMARTS) is 1. The highest BCUT2D eigenvalue weighted by atomic mass is 19.2. The molecule has 1 N–H and O–H groups in total. The molecule has 224 valence electrons. The highest BCUT2D eigenvalue weighted by Gasteiger charge is 2.57. The first-order chi connectivity index (χ1) is 20.5. The average molecular weight is 592 g/mol. The van der Waals surface area contributed by atoms with E-state index in [2.05, 4.69) is 28.8 Å². The number of carbonyl (C=O) groups excluding carboxylic acids is 1. The summed E-state index contributed by atoms with van der Waals surface area (Å²) in [5.41, 5.74) is 1.74. The van der Waals surface area contributed by atoms with Gasteiger partial charge in [0, 0.05) is 43.8 Å². The van der Waals surface area contributed by atoms with Crippen LogP contribution in [0.15, 0.2) is 54.6 Å². The van der Waals surface area contributed by atoms with Gasteiger partial charge in [0.05, 0.1) is 11.7 Å². The van der Waals surface area contributed by atoms with Gasteiger partial charge in [-0.1, -0.05) is 44.2 Å². The number of carboxylic acids is 1. The van der Waals surface area contributed by atoms with Crippen LogP contribution in [0.5, 0.6) is 0 Å². The molecule has 11 heteroatoms. The number of carbonyl (C=O) groups is 2. The average Bonchev–Trinajstić information content (AvgIpc) is 3.32. The molecule has 2 aromatic heterocycles. The Morgan fingerprint density at radius 3 is 2.26 bits per heavy atom. The van der Waals surface area contributed by atoms with E-state index in [-0.39, 0.29) is 59.0 Å². The Kier molecular flexibility index (Phi) is 7.35. The summed E-state index contributed by atoms with van der Waals surface area (Å²) < 4.78 is 43.9. The first kappa shape index (κ1) is 28.7. The van der Waals surface area contributed by atoms with Gasteiger partial charge in [-0.05, 0) is 48.3 Å². The Balaban J connectivity index is 1.43. The quantitative estimate of drug-likeness (QED) is 0.247. The number of likely N-dealkylation sites (tertiary alicyclic amines) is 1. The maximum Gasteiger partial charge on any atom is 0.303 e. The minimum Gasteiger partial charge on any atom is -0.481 e. The summed E-state index contributed by atoms with van der Waals surface area (Å²) in [7, 11) is 0. The van der Waals surface area contributed by atoms with Crippen LogP contribution in [-0.2, 0) is 4.79 Å². The molecular formula is C32H32F3N5O3. The van der Waals surface area contributed by atoms with Crippen molar-refractivity contribution in [2.75, 3.05) is 24.5 Å². The predicted octanol–water partition coefficient (Wildman–Crippen LogP) is 5.83. The van der Waals surface area contributed by atoms with Gasteiger partial charge in [0.1, 0.15) is 5.82 Å². The number of aromatic nitrogens is 3. The van der Waals surface area contributed by atoms with Crippen LogP contribution in [0.25, 0.3) is 16.9 Å². The molecule has 6 rings (SSSR count). The zero-order valence-electron chi connectivity index (χ0n) is 24.0. The summed E-state index contributed by atoms with van der Waals surface area (Å²) in [6.45, 7) is 7.72. The van der Waals surface area contributed by atoms with E-state index in [4.69, 9.17) is 5.11 Å². The number of rotatable bonds is 9. The standard InChI is InChI=1S/C32H32F3N5O3/c1-17(2)14-39(18(3)19-7-5-4-6-8-19)29-13-26(20-9-24(33)31(35)25(34)10-20)36-28-12-27(37-40(28)29)32(43)38-15-22-21(11-30(41)42)23(22)16-38/h4-10,12-13,17-18,21-23H,11,14-16H2,1-3H3,(H,41,42)/t18-,21-,22-,23+/m0/s1. The highest BCUT2D eigenvalue weighted by molar-refractivity contribution is 5.94. The molecule has 0 radical (unpaired) electrons. The van der Waals surface area contributed by atoms with Crippen molar-refractivity contribution in [2.24, 2.45) is 23.7 Å². The molecule has 3 heterocycles. The van der Waals surface area contributed by atoms with Gasteiger partial charge >= 0.3 is 5.97 Å². The molecule has 1 saturated heterocycles. The number of hydrogen-bond donors (Lipinski definition) is 1. The molecule has 1 amide bonds. The lowest BCUT2D eigenvalue weighted by Gasteiger charge is -2.33. The fourth-order valence-corrected chi connectivity index (χ4v) is 6.36. The zero-order chi connectivity index (χ0) is 30.6. The fourth-order valence-electron chi connectivity index (χ4n) is 6.36. The monoisotopic (exact) mass is 591 g/mol. The second-order valence-corrected chi connectivity index (χ2v) is 12.0. The molecule has 43 heavy (non-hydrogen) atoms. The van der Waals surface area contributed by atoms with Crippen LogP contribution < -0.4 is 4.90 Å². The minimum atomic E-state index is -1.56. The summed E-state index contributed by atoms with van der Waals surface area (Å²) >= 11 is 0. The van der Waals surface area contributed by atoms with Crippen molar-refractivity contribution in [1.82, 2.24) is 19.5 Å². The molecule has 1 aliphatic carbocycles. The van der Waals surface area contributed by atoms with Gasteiger partial charge in [0.25, 0.3) is 5.91 Å². The number of hydrogen-bond acceptors (Lipinski definition) is 5. The molecule has 0 unspecified atom stereocenters. The number of nitrogens with zero attached hydrogens (tertiary/aromatic N) is 5. The van der Waals surface area contributed by atoms with Crippen LogP contribution >= 0.6 is 0 Å². The van der Waals surface area contributed by atoms with Crippen LogP contribution in [0, 0.1) is 41.1 Å². The van der Waals surface area contributed by atoms with Crippen molar-refractivity contribution in [3.8, 4) is 11.3 Å². The Labute approximate surface area is 246 Å². The molecule has 0 spiro atoms. The van der Waals surface area contributed by atoms with Gasteiger partial charge in [0.15, 0.2) is 28.8 Å². The summed E-state index contributed by atoms with van der Waals surface area (Å²) in [4.78, 5) is 33.1. The van der Waals surface area contributed by atoms with Gasteiger partial charge in [-0.25, -0.2) is 18.2 Å². The number of aliphatic carboxylic acids is 1. The summed E-state index contributed by atoms with van der Waals surface area (Å²) in [6, 6.07) is 14.7. The maximum absolute atomic E-state index is 14.3. The van der Waals surface area contributed by atoms with E-state index in [1.165, 1.54) is 0 Å².